The number of aryl methyl sites for hydroxylation is 1. The molecule has 1 aliphatic heterocycles. The van der Waals surface area contributed by atoms with Crippen molar-refractivity contribution in [3.05, 3.63) is 71.9 Å². The molecule has 1 atom stereocenters. The van der Waals surface area contributed by atoms with Crippen molar-refractivity contribution < 1.29 is 17.6 Å². The summed E-state index contributed by atoms with van der Waals surface area (Å²) in [5.74, 6) is 1.44. The fourth-order valence-corrected chi connectivity index (χ4v) is 5.08. The van der Waals surface area contributed by atoms with Crippen LogP contribution in [-0.2, 0) is 23.1 Å². The highest BCUT2D eigenvalue weighted by Crippen LogP contribution is 2.30. The number of ether oxygens (including phenoxy) is 1. The summed E-state index contributed by atoms with van der Waals surface area (Å²) in [6.07, 6.45) is 2.43. The average Bonchev–Trinajstić information content (AvgIpc) is 3.28. The summed E-state index contributed by atoms with van der Waals surface area (Å²) < 4.78 is 39.1. The normalized spacial score (nSPS) is 17.7. The monoisotopic (exact) mass is 427 g/mol. The van der Waals surface area contributed by atoms with Gasteiger partial charge in [-0.15, -0.1) is 10.2 Å². The zero-order chi connectivity index (χ0) is 21.0. The Kier molecular flexibility index (Phi) is 6.15. The molecular weight excluding hydrogens is 402 g/mol. The number of aromatic nitrogens is 2. The molecular formula is C22H25N3O4S. The van der Waals surface area contributed by atoms with Crippen LogP contribution in [0.25, 0.3) is 0 Å². The van der Waals surface area contributed by atoms with Gasteiger partial charge >= 0.3 is 0 Å². The van der Waals surface area contributed by atoms with Crippen molar-refractivity contribution in [2.24, 2.45) is 0 Å². The Morgan fingerprint density at radius 2 is 1.87 bits per heavy atom. The van der Waals surface area contributed by atoms with E-state index in [-0.39, 0.29) is 12.5 Å². The van der Waals surface area contributed by atoms with Crippen molar-refractivity contribution in [1.82, 2.24) is 14.5 Å². The van der Waals surface area contributed by atoms with Crippen LogP contribution in [0.5, 0.6) is 5.75 Å². The van der Waals surface area contributed by atoms with Crippen LogP contribution in [0.15, 0.2) is 63.9 Å². The Morgan fingerprint density at radius 1 is 1.10 bits per heavy atom. The van der Waals surface area contributed by atoms with Gasteiger partial charge in [0, 0.05) is 13.1 Å². The minimum atomic E-state index is -3.55. The number of piperidine rings is 1. The third-order valence-electron chi connectivity index (χ3n) is 5.29. The molecule has 158 valence electrons. The lowest BCUT2D eigenvalue weighted by molar-refractivity contribution is 0.243. The second-order valence-electron chi connectivity index (χ2n) is 7.34. The molecule has 1 unspecified atom stereocenters. The fourth-order valence-electron chi connectivity index (χ4n) is 3.56. The predicted octanol–water partition coefficient (Wildman–Crippen LogP) is 3.78. The quantitative estimate of drug-likeness (QED) is 0.570. The summed E-state index contributed by atoms with van der Waals surface area (Å²) in [5.41, 5.74) is 1.11. The Morgan fingerprint density at radius 3 is 2.60 bits per heavy atom. The molecule has 1 aromatic heterocycles. The molecule has 7 nitrogen and oxygen atoms in total. The molecule has 1 fully saturated rings. The van der Waals surface area contributed by atoms with Gasteiger partial charge in [0.05, 0.1) is 10.8 Å². The second-order valence-corrected chi connectivity index (χ2v) is 9.27. The molecule has 0 saturated carbocycles. The van der Waals surface area contributed by atoms with E-state index in [1.54, 1.807) is 12.1 Å². The van der Waals surface area contributed by atoms with Gasteiger partial charge in [-0.05, 0) is 49.1 Å². The number of rotatable bonds is 7. The van der Waals surface area contributed by atoms with Crippen LogP contribution < -0.4 is 4.74 Å². The highest BCUT2D eigenvalue weighted by atomic mass is 32.2. The van der Waals surface area contributed by atoms with E-state index in [1.807, 2.05) is 49.4 Å². The molecule has 0 radical (unpaired) electrons. The van der Waals surface area contributed by atoms with E-state index in [2.05, 4.69) is 10.2 Å². The molecule has 1 aliphatic rings. The summed E-state index contributed by atoms with van der Waals surface area (Å²) >= 11 is 0. The maximum Gasteiger partial charge on any atom is 0.253 e. The van der Waals surface area contributed by atoms with Crippen LogP contribution >= 0.6 is 0 Å². The third kappa shape index (κ3) is 4.55. The Labute approximate surface area is 176 Å². The van der Waals surface area contributed by atoms with Crippen LogP contribution in [0.3, 0.4) is 0 Å². The average molecular weight is 428 g/mol. The van der Waals surface area contributed by atoms with Crippen LogP contribution in [0.2, 0.25) is 0 Å². The van der Waals surface area contributed by atoms with Gasteiger partial charge in [-0.2, -0.15) is 4.31 Å². The molecule has 3 aromatic rings. The zero-order valence-electron chi connectivity index (χ0n) is 16.9. The molecule has 0 spiro atoms. The summed E-state index contributed by atoms with van der Waals surface area (Å²) in [7, 11) is -3.55. The molecule has 1 saturated heterocycles. The van der Waals surface area contributed by atoms with E-state index in [4.69, 9.17) is 9.15 Å². The van der Waals surface area contributed by atoms with Gasteiger partial charge in [-0.3, -0.25) is 0 Å². The largest absolute Gasteiger partial charge is 0.484 e. The summed E-state index contributed by atoms with van der Waals surface area (Å²) in [4.78, 5) is 0.322. The molecule has 2 heterocycles. The number of hydrogen-bond acceptors (Lipinski definition) is 6. The molecule has 0 bridgehead atoms. The Bertz CT molecular complexity index is 1070. The maximum atomic E-state index is 13.1. The van der Waals surface area contributed by atoms with Gasteiger partial charge in [0.15, 0.2) is 6.61 Å². The van der Waals surface area contributed by atoms with Gasteiger partial charge in [-0.1, -0.05) is 37.3 Å². The van der Waals surface area contributed by atoms with E-state index in [9.17, 15) is 8.42 Å². The van der Waals surface area contributed by atoms with Crippen molar-refractivity contribution in [3.63, 3.8) is 0 Å². The molecule has 0 N–H and O–H groups in total. The van der Waals surface area contributed by atoms with Crippen molar-refractivity contribution >= 4 is 10.0 Å². The predicted molar refractivity (Wildman–Crippen MR) is 112 cm³/mol. The lowest BCUT2D eigenvalue weighted by Gasteiger charge is -2.30. The van der Waals surface area contributed by atoms with Gasteiger partial charge in [0.25, 0.3) is 5.89 Å². The maximum absolute atomic E-state index is 13.1. The number of hydrogen-bond donors (Lipinski definition) is 0. The lowest BCUT2D eigenvalue weighted by Crippen LogP contribution is -2.39. The first kappa shape index (κ1) is 20.6. The highest BCUT2D eigenvalue weighted by Gasteiger charge is 2.33. The minimum Gasteiger partial charge on any atom is -0.484 e. The number of sulfonamides is 1. The van der Waals surface area contributed by atoms with E-state index in [1.165, 1.54) is 4.31 Å². The van der Waals surface area contributed by atoms with Gasteiger partial charge < -0.3 is 9.15 Å². The van der Waals surface area contributed by atoms with Crippen LogP contribution in [0, 0.1) is 0 Å². The molecule has 0 amide bonds. The lowest BCUT2D eigenvalue weighted by atomic mass is 10.00. The number of nitrogens with zero attached hydrogens (tertiary/aromatic N) is 3. The van der Waals surface area contributed by atoms with Crippen LogP contribution in [0.4, 0.5) is 0 Å². The van der Waals surface area contributed by atoms with Crippen molar-refractivity contribution in [3.8, 4) is 5.75 Å². The Balaban J connectivity index is 1.43. The third-order valence-corrected chi connectivity index (χ3v) is 7.17. The van der Waals surface area contributed by atoms with Crippen LogP contribution in [0.1, 0.15) is 43.0 Å². The molecule has 8 heteroatoms. The second kappa shape index (κ2) is 8.97. The Hall–Kier alpha value is -2.71. The van der Waals surface area contributed by atoms with Gasteiger partial charge in [0.2, 0.25) is 15.9 Å². The smallest absolute Gasteiger partial charge is 0.253 e. The molecule has 0 aliphatic carbocycles. The standard InChI is InChI=1S/C22H25N3O4S/c1-2-17-10-12-20(13-11-17)30(26,27)25-14-6-7-18(15-25)22-24-23-21(29-22)16-28-19-8-4-3-5-9-19/h3-5,8-13,18H,2,6-7,14-16H2,1H3. The van der Waals surface area contributed by atoms with E-state index in [0.717, 1.165) is 30.6 Å². The van der Waals surface area contributed by atoms with Crippen LogP contribution in [-0.4, -0.2) is 36.0 Å². The van der Waals surface area contributed by atoms with Gasteiger partial charge in [-0.25, -0.2) is 8.42 Å². The fraction of sp³-hybridized carbons (Fsp3) is 0.364. The molecule has 4 rings (SSSR count). The summed E-state index contributed by atoms with van der Waals surface area (Å²) in [5, 5.41) is 8.21. The van der Waals surface area contributed by atoms with Crippen molar-refractivity contribution in [2.75, 3.05) is 13.1 Å². The molecule has 30 heavy (non-hydrogen) atoms. The van der Waals surface area contributed by atoms with Gasteiger partial charge in [0.1, 0.15) is 5.75 Å². The highest BCUT2D eigenvalue weighted by molar-refractivity contribution is 7.89. The van der Waals surface area contributed by atoms with Crippen molar-refractivity contribution in [1.29, 1.82) is 0 Å². The SMILES string of the molecule is CCc1ccc(S(=O)(=O)N2CCCC(c3nnc(COc4ccccc4)o3)C2)cc1. The first-order valence-electron chi connectivity index (χ1n) is 10.2. The van der Waals surface area contributed by atoms with Crippen molar-refractivity contribution in [2.45, 2.75) is 43.6 Å². The minimum absolute atomic E-state index is 0.124. The molecule has 2 aromatic carbocycles. The topological polar surface area (TPSA) is 85.5 Å². The first-order chi connectivity index (χ1) is 14.6. The first-order valence-corrected chi connectivity index (χ1v) is 11.6. The van der Waals surface area contributed by atoms with E-state index < -0.39 is 10.0 Å². The van der Waals surface area contributed by atoms with E-state index >= 15 is 0 Å². The summed E-state index contributed by atoms with van der Waals surface area (Å²) in [6.45, 7) is 3.04. The zero-order valence-corrected chi connectivity index (χ0v) is 17.7. The summed E-state index contributed by atoms with van der Waals surface area (Å²) in [6, 6.07) is 16.5. The van der Waals surface area contributed by atoms with E-state index in [0.29, 0.717) is 29.8 Å². The number of benzene rings is 2. The number of para-hydroxylation sites is 1.